The van der Waals surface area contributed by atoms with Gasteiger partial charge in [-0.05, 0) is 18.8 Å². The Morgan fingerprint density at radius 1 is 1.47 bits per heavy atom. The Kier molecular flexibility index (Phi) is 4.03. The molecule has 0 aromatic carbocycles. The van der Waals surface area contributed by atoms with E-state index in [0.717, 1.165) is 12.8 Å². The highest BCUT2D eigenvalue weighted by atomic mass is 79.9. The van der Waals surface area contributed by atoms with Gasteiger partial charge < -0.3 is 4.90 Å². The van der Waals surface area contributed by atoms with E-state index < -0.39 is 18.5 Å². The molecule has 0 saturated heterocycles. The molecule has 1 amide bonds. The first-order valence-electron chi connectivity index (χ1n) is 4.72. The van der Waals surface area contributed by atoms with Crippen molar-refractivity contribution in [1.29, 1.82) is 0 Å². The van der Waals surface area contributed by atoms with Crippen LogP contribution in [0, 0.1) is 5.92 Å². The number of nitrogens with zero attached hydrogens (tertiary/aromatic N) is 1. The molecule has 0 aromatic rings. The van der Waals surface area contributed by atoms with E-state index in [1.54, 1.807) is 0 Å². The van der Waals surface area contributed by atoms with Crippen molar-refractivity contribution in [2.24, 2.45) is 5.92 Å². The van der Waals surface area contributed by atoms with Gasteiger partial charge in [-0.1, -0.05) is 15.9 Å². The molecule has 0 aromatic heterocycles. The maximum Gasteiger partial charge on any atom is 0.397 e. The fourth-order valence-electron chi connectivity index (χ4n) is 1.60. The summed E-state index contributed by atoms with van der Waals surface area (Å²) < 4.78 is 35.7. The third kappa shape index (κ3) is 4.40. The van der Waals surface area contributed by atoms with E-state index in [2.05, 4.69) is 15.9 Å². The lowest BCUT2D eigenvalue weighted by Gasteiger charge is -2.34. The summed E-state index contributed by atoms with van der Waals surface area (Å²) in [7, 11) is 1.43. The lowest BCUT2D eigenvalue weighted by atomic mass is 9.85. The largest absolute Gasteiger partial charge is 0.397 e. The number of carbonyl (C=O) groups excluding carboxylic acids is 1. The molecule has 88 valence electrons. The maximum absolute atomic E-state index is 11.9. The molecule has 1 fully saturated rings. The Labute approximate surface area is 94.9 Å². The summed E-state index contributed by atoms with van der Waals surface area (Å²) in [6.45, 7) is 0.428. The third-order valence-electron chi connectivity index (χ3n) is 2.49. The second kappa shape index (κ2) is 4.72. The standard InChI is InChI=1S/C9H13BrF3NO/c1-14(5-6-2-7(10)3-6)8(15)4-9(11,12)13/h6-7H,2-5H2,1H3. The van der Waals surface area contributed by atoms with E-state index in [4.69, 9.17) is 0 Å². The Balaban J connectivity index is 2.27. The van der Waals surface area contributed by atoms with E-state index >= 15 is 0 Å². The highest BCUT2D eigenvalue weighted by molar-refractivity contribution is 9.09. The van der Waals surface area contributed by atoms with Crippen LogP contribution in [0.15, 0.2) is 0 Å². The van der Waals surface area contributed by atoms with Crippen LogP contribution >= 0.6 is 15.9 Å². The quantitative estimate of drug-likeness (QED) is 0.731. The predicted octanol–water partition coefficient (Wildman–Crippen LogP) is 2.57. The zero-order chi connectivity index (χ0) is 11.6. The van der Waals surface area contributed by atoms with E-state index in [-0.39, 0.29) is 0 Å². The Morgan fingerprint density at radius 3 is 2.40 bits per heavy atom. The third-order valence-corrected chi connectivity index (χ3v) is 3.24. The Hall–Kier alpha value is -0.260. The van der Waals surface area contributed by atoms with Crippen LogP contribution in [0.2, 0.25) is 0 Å². The normalized spacial score (nSPS) is 25.9. The lowest BCUT2D eigenvalue weighted by molar-refractivity contribution is -0.161. The molecule has 1 aliphatic rings. The van der Waals surface area contributed by atoms with Crippen LogP contribution in [0.5, 0.6) is 0 Å². The zero-order valence-electron chi connectivity index (χ0n) is 8.35. The van der Waals surface area contributed by atoms with Crippen molar-refractivity contribution in [1.82, 2.24) is 4.90 Å². The van der Waals surface area contributed by atoms with Gasteiger partial charge in [-0.2, -0.15) is 13.2 Å². The van der Waals surface area contributed by atoms with Crippen molar-refractivity contribution in [2.75, 3.05) is 13.6 Å². The molecule has 1 rings (SSSR count). The van der Waals surface area contributed by atoms with Gasteiger partial charge >= 0.3 is 6.18 Å². The summed E-state index contributed by atoms with van der Waals surface area (Å²) in [5, 5.41) is 0. The number of rotatable bonds is 3. The molecular formula is C9H13BrF3NO. The molecule has 0 N–H and O–H groups in total. The van der Waals surface area contributed by atoms with E-state index in [9.17, 15) is 18.0 Å². The minimum atomic E-state index is -4.40. The van der Waals surface area contributed by atoms with Crippen LogP contribution in [0.4, 0.5) is 13.2 Å². The van der Waals surface area contributed by atoms with Crippen molar-refractivity contribution in [2.45, 2.75) is 30.3 Å². The molecule has 2 nitrogen and oxygen atoms in total. The summed E-state index contributed by atoms with van der Waals surface area (Å²) in [5.41, 5.74) is 0. The van der Waals surface area contributed by atoms with Gasteiger partial charge in [0.2, 0.25) is 5.91 Å². The Morgan fingerprint density at radius 2 is 2.00 bits per heavy atom. The van der Waals surface area contributed by atoms with Crippen LogP contribution < -0.4 is 0 Å². The van der Waals surface area contributed by atoms with Gasteiger partial charge in [0.25, 0.3) is 0 Å². The Bertz CT molecular complexity index is 238. The van der Waals surface area contributed by atoms with Crippen molar-refractivity contribution < 1.29 is 18.0 Å². The van der Waals surface area contributed by atoms with Crippen LogP contribution in [0.25, 0.3) is 0 Å². The summed E-state index contributed by atoms with van der Waals surface area (Å²) in [6.07, 6.45) is -3.88. The van der Waals surface area contributed by atoms with Crippen molar-refractivity contribution in [3.63, 3.8) is 0 Å². The van der Waals surface area contributed by atoms with E-state index in [0.29, 0.717) is 17.3 Å². The number of halogens is 4. The number of carbonyl (C=O) groups is 1. The fraction of sp³-hybridized carbons (Fsp3) is 0.889. The molecule has 15 heavy (non-hydrogen) atoms. The first kappa shape index (κ1) is 12.8. The monoisotopic (exact) mass is 287 g/mol. The lowest BCUT2D eigenvalue weighted by Crippen LogP contribution is -2.39. The molecule has 0 heterocycles. The molecule has 0 spiro atoms. The van der Waals surface area contributed by atoms with Crippen LogP contribution in [0.3, 0.4) is 0 Å². The van der Waals surface area contributed by atoms with Gasteiger partial charge in [-0.25, -0.2) is 0 Å². The molecule has 0 unspecified atom stereocenters. The van der Waals surface area contributed by atoms with Crippen LogP contribution in [0.1, 0.15) is 19.3 Å². The summed E-state index contributed by atoms with van der Waals surface area (Å²) in [6, 6.07) is 0. The molecule has 0 aliphatic heterocycles. The van der Waals surface area contributed by atoms with Gasteiger partial charge in [0.05, 0.1) is 0 Å². The maximum atomic E-state index is 11.9. The van der Waals surface area contributed by atoms with E-state index in [1.165, 1.54) is 11.9 Å². The zero-order valence-corrected chi connectivity index (χ0v) is 9.94. The minimum absolute atomic E-state index is 0.344. The van der Waals surface area contributed by atoms with Gasteiger partial charge in [0.1, 0.15) is 6.42 Å². The highest BCUT2D eigenvalue weighted by Gasteiger charge is 2.34. The first-order chi connectivity index (χ1) is 6.78. The average molecular weight is 288 g/mol. The average Bonchev–Trinajstić information content (AvgIpc) is 1.98. The van der Waals surface area contributed by atoms with Gasteiger partial charge in [0, 0.05) is 18.4 Å². The smallest absolute Gasteiger partial charge is 0.345 e. The second-order valence-electron chi connectivity index (χ2n) is 4.00. The molecule has 1 saturated carbocycles. The van der Waals surface area contributed by atoms with Gasteiger partial charge in [-0.15, -0.1) is 0 Å². The molecule has 0 radical (unpaired) electrons. The SMILES string of the molecule is CN(CC1CC(Br)C1)C(=O)CC(F)(F)F. The van der Waals surface area contributed by atoms with Crippen molar-refractivity contribution in [3.8, 4) is 0 Å². The number of hydrogen-bond donors (Lipinski definition) is 0. The summed E-state index contributed by atoms with van der Waals surface area (Å²) in [5.74, 6) is -0.503. The van der Waals surface area contributed by atoms with Crippen LogP contribution in [-0.4, -0.2) is 35.4 Å². The first-order valence-corrected chi connectivity index (χ1v) is 5.64. The number of alkyl halides is 4. The molecule has 6 heteroatoms. The van der Waals surface area contributed by atoms with Crippen molar-refractivity contribution in [3.05, 3.63) is 0 Å². The highest BCUT2D eigenvalue weighted by Crippen LogP contribution is 2.33. The van der Waals surface area contributed by atoms with Crippen molar-refractivity contribution >= 4 is 21.8 Å². The van der Waals surface area contributed by atoms with Gasteiger partial charge in [-0.3, -0.25) is 4.79 Å². The second-order valence-corrected chi connectivity index (χ2v) is 5.30. The van der Waals surface area contributed by atoms with E-state index in [1.807, 2.05) is 0 Å². The van der Waals surface area contributed by atoms with Gasteiger partial charge in [0.15, 0.2) is 0 Å². The number of amides is 1. The minimum Gasteiger partial charge on any atom is -0.345 e. The fourth-order valence-corrected chi connectivity index (χ4v) is 2.66. The molecule has 0 atom stereocenters. The molecular weight excluding hydrogens is 275 g/mol. The molecule has 0 bridgehead atoms. The number of hydrogen-bond acceptors (Lipinski definition) is 1. The van der Waals surface area contributed by atoms with Crippen LogP contribution in [-0.2, 0) is 4.79 Å². The summed E-state index contributed by atoms with van der Waals surface area (Å²) in [4.78, 5) is 12.8. The predicted molar refractivity (Wildman–Crippen MR) is 53.7 cm³/mol. The summed E-state index contributed by atoms with van der Waals surface area (Å²) >= 11 is 3.39. The topological polar surface area (TPSA) is 20.3 Å². The molecule has 1 aliphatic carbocycles.